The summed E-state index contributed by atoms with van der Waals surface area (Å²) < 4.78 is 10.4. The first kappa shape index (κ1) is 20.0. The monoisotopic (exact) mass is 359 g/mol. The zero-order valence-corrected chi connectivity index (χ0v) is 15.9. The van der Waals surface area contributed by atoms with Gasteiger partial charge in [-0.15, -0.1) is 0 Å². The topological polar surface area (TPSA) is 64.6 Å². The Kier molecular flexibility index (Phi) is 7.70. The molecule has 0 aliphatic heterocycles. The smallest absolute Gasteiger partial charge is 0.331 e. The number of amides is 1. The molecular weight excluding hydrogens is 330 g/mol. The Hall–Kier alpha value is -2.30. The number of carbonyl (C=O) groups is 2. The Morgan fingerprint density at radius 1 is 1.19 bits per heavy atom. The molecule has 1 saturated carbocycles. The van der Waals surface area contributed by atoms with Crippen LogP contribution in [0.15, 0.2) is 30.3 Å². The van der Waals surface area contributed by atoms with Crippen LogP contribution < -0.4 is 10.1 Å². The molecule has 0 unspecified atom stereocenters. The van der Waals surface area contributed by atoms with E-state index in [4.69, 9.17) is 9.47 Å². The van der Waals surface area contributed by atoms with Crippen LogP contribution in [0.2, 0.25) is 0 Å². The predicted octanol–water partition coefficient (Wildman–Crippen LogP) is 3.58. The molecule has 26 heavy (non-hydrogen) atoms. The summed E-state index contributed by atoms with van der Waals surface area (Å²) >= 11 is 0. The van der Waals surface area contributed by atoms with Crippen LogP contribution in [0.5, 0.6) is 5.75 Å². The van der Waals surface area contributed by atoms with Crippen molar-refractivity contribution in [3.8, 4) is 5.75 Å². The molecule has 5 nitrogen and oxygen atoms in total. The van der Waals surface area contributed by atoms with Crippen LogP contribution in [0, 0.1) is 11.8 Å². The van der Waals surface area contributed by atoms with E-state index in [1.54, 1.807) is 6.08 Å². The third kappa shape index (κ3) is 6.21. The minimum atomic E-state index is -0.529. The third-order valence-corrected chi connectivity index (χ3v) is 5.00. The van der Waals surface area contributed by atoms with Gasteiger partial charge in [-0.2, -0.15) is 0 Å². The van der Waals surface area contributed by atoms with Gasteiger partial charge >= 0.3 is 5.97 Å². The predicted molar refractivity (Wildman–Crippen MR) is 102 cm³/mol. The number of carbonyl (C=O) groups excluding carboxylic acids is 2. The maximum Gasteiger partial charge on any atom is 0.331 e. The normalized spacial score (nSPS) is 22.8. The van der Waals surface area contributed by atoms with E-state index in [1.165, 1.54) is 12.5 Å². The number of ether oxygens (including phenoxy) is 2. The van der Waals surface area contributed by atoms with E-state index in [9.17, 15) is 9.59 Å². The average molecular weight is 359 g/mol. The summed E-state index contributed by atoms with van der Waals surface area (Å²) in [7, 11) is 0. The van der Waals surface area contributed by atoms with Crippen LogP contribution in [0.25, 0.3) is 6.08 Å². The van der Waals surface area contributed by atoms with Gasteiger partial charge in [-0.05, 0) is 49.0 Å². The first-order chi connectivity index (χ1) is 12.5. The van der Waals surface area contributed by atoms with E-state index < -0.39 is 5.97 Å². The molecule has 1 amide bonds. The number of benzene rings is 1. The van der Waals surface area contributed by atoms with Crippen molar-refractivity contribution in [1.29, 1.82) is 0 Å². The fourth-order valence-electron chi connectivity index (χ4n) is 3.23. The second-order valence-electron chi connectivity index (χ2n) is 6.88. The van der Waals surface area contributed by atoms with Crippen molar-refractivity contribution in [1.82, 2.24) is 5.32 Å². The van der Waals surface area contributed by atoms with Crippen molar-refractivity contribution >= 4 is 18.0 Å². The van der Waals surface area contributed by atoms with E-state index in [0.29, 0.717) is 18.4 Å². The number of hydrogen-bond donors (Lipinski definition) is 1. The Labute approximate surface area is 155 Å². The Bertz CT molecular complexity index is 623. The molecule has 0 heterocycles. The molecular formula is C21H29NO4. The zero-order valence-electron chi connectivity index (χ0n) is 15.9. The Morgan fingerprint density at radius 2 is 1.92 bits per heavy atom. The summed E-state index contributed by atoms with van der Waals surface area (Å²) in [5.74, 6) is 1.07. The standard InChI is InChI=1S/C21H29NO4/c1-4-25-18-11-8-17(9-12-18)10-13-21(24)26-14-20(23)22-19-7-5-6-15(2)16(19)3/h8-13,15-16,19H,4-7,14H2,1-3H3,(H,22,23)/b13-10+/t15-,16-,19+/m0/s1. The Morgan fingerprint density at radius 3 is 2.62 bits per heavy atom. The van der Waals surface area contributed by atoms with Gasteiger partial charge in [0.15, 0.2) is 6.61 Å². The largest absolute Gasteiger partial charge is 0.494 e. The van der Waals surface area contributed by atoms with E-state index in [2.05, 4.69) is 19.2 Å². The molecule has 1 N–H and O–H groups in total. The van der Waals surface area contributed by atoms with Crippen molar-refractivity contribution < 1.29 is 19.1 Å². The van der Waals surface area contributed by atoms with Crippen LogP contribution in [0.4, 0.5) is 0 Å². The van der Waals surface area contributed by atoms with E-state index in [0.717, 1.165) is 24.2 Å². The lowest BCUT2D eigenvalue weighted by atomic mass is 9.78. The van der Waals surface area contributed by atoms with Gasteiger partial charge in [0.05, 0.1) is 6.61 Å². The van der Waals surface area contributed by atoms with Crippen molar-refractivity contribution in [2.24, 2.45) is 11.8 Å². The third-order valence-electron chi connectivity index (χ3n) is 5.00. The van der Waals surface area contributed by atoms with Gasteiger partial charge in [0.25, 0.3) is 5.91 Å². The molecule has 3 atom stereocenters. The molecule has 0 bridgehead atoms. The summed E-state index contributed by atoms with van der Waals surface area (Å²) in [6.45, 7) is 6.68. The first-order valence-electron chi connectivity index (χ1n) is 9.36. The van der Waals surface area contributed by atoms with E-state index in [-0.39, 0.29) is 18.6 Å². The molecule has 1 aromatic carbocycles. The molecule has 1 aliphatic carbocycles. The van der Waals surface area contributed by atoms with Crippen molar-refractivity contribution in [3.05, 3.63) is 35.9 Å². The lowest BCUT2D eigenvalue weighted by Crippen LogP contribution is -2.45. The fourth-order valence-corrected chi connectivity index (χ4v) is 3.23. The number of rotatable bonds is 7. The fraction of sp³-hybridized carbons (Fsp3) is 0.524. The number of esters is 1. The maximum atomic E-state index is 12.0. The maximum absolute atomic E-state index is 12.0. The first-order valence-corrected chi connectivity index (χ1v) is 9.36. The summed E-state index contributed by atoms with van der Waals surface area (Å²) in [4.78, 5) is 23.8. The van der Waals surface area contributed by atoms with Gasteiger partial charge in [0.2, 0.25) is 0 Å². The molecule has 1 aliphatic rings. The SMILES string of the molecule is CCOc1ccc(/C=C/C(=O)OCC(=O)N[C@@H]2CCC[C@H](C)[C@@H]2C)cc1. The highest BCUT2D eigenvalue weighted by atomic mass is 16.5. The van der Waals surface area contributed by atoms with Crippen LogP contribution in [-0.2, 0) is 14.3 Å². The molecule has 0 radical (unpaired) electrons. The molecule has 0 spiro atoms. The summed E-state index contributed by atoms with van der Waals surface area (Å²) in [6, 6.07) is 7.56. The minimum absolute atomic E-state index is 0.171. The second-order valence-corrected chi connectivity index (χ2v) is 6.88. The van der Waals surface area contributed by atoms with Crippen LogP contribution in [-0.4, -0.2) is 31.1 Å². The van der Waals surface area contributed by atoms with Crippen molar-refractivity contribution in [3.63, 3.8) is 0 Å². The molecule has 1 aromatic rings. The molecule has 0 saturated heterocycles. The number of hydrogen-bond acceptors (Lipinski definition) is 4. The van der Waals surface area contributed by atoms with Crippen LogP contribution in [0.3, 0.4) is 0 Å². The molecule has 1 fully saturated rings. The second kappa shape index (κ2) is 10.00. The van der Waals surface area contributed by atoms with Gasteiger partial charge < -0.3 is 14.8 Å². The average Bonchev–Trinajstić information content (AvgIpc) is 2.63. The molecule has 2 rings (SSSR count). The van der Waals surface area contributed by atoms with Crippen LogP contribution in [0.1, 0.15) is 45.6 Å². The van der Waals surface area contributed by atoms with Gasteiger partial charge in [-0.1, -0.05) is 38.8 Å². The van der Waals surface area contributed by atoms with Gasteiger partial charge in [-0.3, -0.25) is 4.79 Å². The summed E-state index contributed by atoms with van der Waals surface area (Å²) in [5, 5.41) is 2.99. The molecule has 142 valence electrons. The Balaban J connectivity index is 1.74. The highest BCUT2D eigenvalue weighted by Gasteiger charge is 2.28. The molecule has 5 heteroatoms. The van der Waals surface area contributed by atoms with Gasteiger partial charge in [0, 0.05) is 12.1 Å². The minimum Gasteiger partial charge on any atom is -0.494 e. The lowest BCUT2D eigenvalue weighted by Gasteiger charge is -2.34. The van der Waals surface area contributed by atoms with E-state index in [1.807, 2.05) is 31.2 Å². The zero-order chi connectivity index (χ0) is 18.9. The van der Waals surface area contributed by atoms with E-state index >= 15 is 0 Å². The summed E-state index contributed by atoms with van der Waals surface area (Å²) in [6.07, 6.45) is 6.30. The highest BCUT2D eigenvalue weighted by Crippen LogP contribution is 2.29. The van der Waals surface area contributed by atoms with Crippen molar-refractivity contribution in [2.75, 3.05) is 13.2 Å². The number of nitrogens with one attached hydrogen (secondary N) is 1. The van der Waals surface area contributed by atoms with Crippen molar-refractivity contribution in [2.45, 2.75) is 46.1 Å². The quantitative estimate of drug-likeness (QED) is 0.597. The highest BCUT2D eigenvalue weighted by molar-refractivity contribution is 5.89. The summed E-state index contributed by atoms with van der Waals surface area (Å²) in [5.41, 5.74) is 0.861. The van der Waals surface area contributed by atoms with Crippen LogP contribution >= 0.6 is 0 Å². The lowest BCUT2D eigenvalue weighted by molar-refractivity contribution is -0.144. The van der Waals surface area contributed by atoms with Gasteiger partial charge in [0.1, 0.15) is 5.75 Å². The van der Waals surface area contributed by atoms with Gasteiger partial charge in [-0.25, -0.2) is 4.79 Å². The molecule has 0 aromatic heterocycles.